The number of rotatable bonds is 4. The maximum absolute atomic E-state index is 11.1. The van der Waals surface area contributed by atoms with Crippen molar-refractivity contribution in [3.8, 4) is 12.0 Å². The normalized spacial score (nSPS) is 9.52. The molecule has 0 heterocycles. The van der Waals surface area contributed by atoms with Crippen LogP contribution in [0.3, 0.4) is 0 Å². The summed E-state index contributed by atoms with van der Waals surface area (Å²) in [4.78, 5) is 11.1. The number of hydrogen-bond acceptors (Lipinski definition) is 4. The van der Waals surface area contributed by atoms with E-state index >= 15 is 0 Å². The molecule has 0 aliphatic rings. The molecule has 106 valence electrons. The van der Waals surface area contributed by atoms with Gasteiger partial charge in [0.25, 0.3) is 6.26 Å². The van der Waals surface area contributed by atoms with E-state index in [0.29, 0.717) is 11.4 Å². The van der Waals surface area contributed by atoms with Crippen molar-refractivity contribution in [3.05, 3.63) is 59.7 Å². The highest BCUT2D eigenvalue weighted by Crippen LogP contribution is 2.17. The van der Waals surface area contributed by atoms with Gasteiger partial charge in [0.2, 0.25) is 0 Å². The molecule has 21 heavy (non-hydrogen) atoms. The molecule has 0 aliphatic carbocycles. The summed E-state index contributed by atoms with van der Waals surface area (Å²) < 4.78 is 9.25. The predicted octanol–water partition coefficient (Wildman–Crippen LogP) is 3.32. The first-order valence-corrected chi connectivity index (χ1v) is 6.30. The lowest BCUT2D eigenvalue weighted by Crippen LogP contribution is -2.10. The van der Waals surface area contributed by atoms with Crippen molar-refractivity contribution in [3.63, 3.8) is 0 Å². The number of hydrogen-bond donors (Lipinski definition) is 1. The summed E-state index contributed by atoms with van der Waals surface area (Å²) in [6, 6.07) is 14.8. The predicted molar refractivity (Wildman–Crippen MR) is 78.0 cm³/mol. The molecule has 0 saturated carbocycles. The molecule has 5 nitrogen and oxygen atoms in total. The zero-order chi connectivity index (χ0) is 15.1. The van der Waals surface area contributed by atoms with Crippen molar-refractivity contribution in [2.24, 2.45) is 0 Å². The number of amides is 1. The molecule has 0 bridgehead atoms. The SMILES string of the molecule is COC(=O)Nc1ccc(Cc2ccc(OC#N)cc2)cc1. The molecule has 0 radical (unpaired) electrons. The van der Waals surface area contributed by atoms with Crippen LogP contribution in [0.1, 0.15) is 11.1 Å². The summed E-state index contributed by atoms with van der Waals surface area (Å²) in [5.41, 5.74) is 2.90. The van der Waals surface area contributed by atoms with Crippen LogP contribution in [0.25, 0.3) is 0 Å². The Morgan fingerprint density at radius 1 is 1.10 bits per heavy atom. The lowest BCUT2D eigenvalue weighted by Gasteiger charge is -2.06. The molecule has 0 aliphatic heterocycles. The number of nitrogens with one attached hydrogen (secondary N) is 1. The summed E-state index contributed by atoms with van der Waals surface area (Å²) in [7, 11) is 1.32. The monoisotopic (exact) mass is 282 g/mol. The maximum atomic E-state index is 11.1. The molecule has 1 amide bonds. The average molecular weight is 282 g/mol. The van der Waals surface area contributed by atoms with E-state index in [-0.39, 0.29) is 0 Å². The van der Waals surface area contributed by atoms with Crippen molar-refractivity contribution in [2.75, 3.05) is 12.4 Å². The number of methoxy groups -OCH3 is 1. The van der Waals surface area contributed by atoms with Crippen molar-refractivity contribution in [1.29, 1.82) is 5.26 Å². The van der Waals surface area contributed by atoms with Crippen LogP contribution in [0.15, 0.2) is 48.5 Å². The summed E-state index contributed by atoms with van der Waals surface area (Å²) in [5, 5.41) is 11.0. The van der Waals surface area contributed by atoms with E-state index in [1.807, 2.05) is 36.4 Å². The van der Waals surface area contributed by atoms with E-state index in [1.54, 1.807) is 18.4 Å². The minimum atomic E-state index is -0.490. The summed E-state index contributed by atoms with van der Waals surface area (Å²) >= 11 is 0. The Bertz CT molecular complexity index is 643. The number of carbonyl (C=O) groups excluding carboxylic acids is 1. The van der Waals surface area contributed by atoms with Crippen molar-refractivity contribution < 1.29 is 14.3 Å². The Morgan fingerprint density at radius 3 is 2.19 bits per heavy atom. The molecule has 0 fully saturated rings. The first-order valence-electron chi connectivity index (χ1n) is 6.30. The van der Waals surface area contributed by atoms with Crippen LogP contribution in [0.5, 0.6) is 5.75 Å². The molecule has 0 aromatic heterocycles. The first-order chi connectivity index (χ1) is 10.2. The number of benzene rings is 2. The van der Waals surface area contributed by atoms with Crippen molar-refractivity contribution in [2.45, 2.75) is 6.42 Å². The number of anilines is 1. The van der Waals surface area contributed by atoms with Gasteiger partial charge < -0.3 is 9.47 Å². The Hall–Kier alpha value is -3.00. The van der Waals surface area contributed by atoms with Gasteiger partial charge in [-0.1, -0.05) is 24.3 Å². The van der Waals surface area contributed by atoms with Crippen LogP contribution in [-0.2, 0) is 11.2 Å². The van der Waals surface area contributed by atoms with E-state index in [0.717, 1.165) is 17.5 Å². The van der Waals surface area contributed by atoms with E-state index in [1.165, 1.54) is 7.11 Å². The average Bonchev–Trinajstić information content (AvgIpc) is 2.51. The third-order valence-corrected chi connectivity index (χ3v) is 2.88. The van der Waals surface area contributed by atoms with Gasteiger partial charge in [0.1, 0.15) is 5.75 Å². The van der Waals surface area contributed by atoms with Crippen LogP contribution in [0.4, 0.5) is 10.5 Å². The molecule has 0 unspecified atom stereocenters. The fourth-order valence-corrected chi connectivity index (χ4v) is 1.84. The van der Waals surface area contributed by atoms with Crippen LogP contribution in [0, 0.1) is 11.5 Å². The zero-order valence-electron chi connectivity index (χ0n) is 11.5. The molecular weight excluding hydrogens is 268 g/mol. The van der Waals surface area contributed by atoms with Gasteiger partial charge in [-0.2, -0.15) is 0 Å². The second kappa shape index (κ2) is 6.96. The molecule has 2 aromatic carbocycles. The van der Waals surface area contributed by atoms with Crippen molar-refractivity contribution in [1.82, 2.24) is 0 Å². The van der Waals surface area contributed by atoms with E-state index in [4.69, 9.17) is 10.00 Å². The Labute approximate surface area is 122 Å². The topological polar surface area (TPSA) is 71.3 Å². The highest BCUT2D eigenvalue weighted by atomic mass is 16.5. The van der Waals surface area contributed by atoms with Gasteiger partial charge in [-0.25, -0.2) is 4.79 Å². The Kier molecular flexibility index (Phi) is 4.78. The van der Waals surface area contributed by atoms with E-state index in [9.17, 15) is 4.79 Å². The Morgan fingerprint density at radius 2 is 1.67 bits per heavy atom. The minimum absolute atomic E-state index is 0.490. The minimum Gasteiger partial charge on any atom is -0.453 e. The van der Waals surface area contributed by atoms with Gasteiger partial charge in [0, 0.05) is 5.69 Å². The van der Waals surface area contributed by atoms with E-state index in [2.05, 4.69) is 10.1 Å². The molecule has 0 saturated heterocycles. The largest absolute Gasteiger partial charge is 0.453 e. The zero-order valence-corrected chi connectivity index (χ0v) is 11.5. The van der Waals surface area contributed by atoms with Crippen LogP contribution >= 0.6 is 0 Å². The third kappa shape index (κ3) is 4.25. The summed E-state index contributed by atoms with van der Waals surface area (Å²) in [6.07, 6.45) is 1.90. The third-order valence-electron chi connectivity index (χ3n) is 2.88. The molecule has 1 N–H and O–H groups in total. The lowest BCUT2D eigenvalue weighted by molar-refractivity contribution is 0.187. The molecule has 2 aromatic rings. The molecule has 5 heteroatoms. The van der Waals surface area contributed by atoms with Gasteiger partial charge in [-0.3, -0.25) is 5.32 Å². The first kappa shape index (κ1) is 14.4. The quantitative estimate of drug-likeness (QED) is 0.873. The van der Waals surface area contributed by atoms with Crippen LogP contribution in [0.2, 0.25) is 0 Å². The smallest absolute Gasteiger partial charge is 0.411 e. The van der Waals surface area contributed by atoms with Gasteiger partial charge in [-0.15, -0.1) is 5.26 Å². The van der Waals surface area contributed by atoms with E-state index < -0.39 is 6.09 Å². The number of carbonyl (C=O) groups is 1. The highest BCUT2D eigenvalue weighted by molar-refractivity contribution is 5.84. The van der Waals surface area contributed by atoms with Crippen molar-refractivity contribution >= 4 is 11.8 Å². The molecule has 2 rings (SSSR count). The van der Waals surface area contributed by atoms with Crippen LogP contribution in [-0.4, -0.2) is 13.2 Å². The molecule has 0 spiro atoms. The fraction of sp³-hybridized carbons (Fsp3) is 0.125. The molecule has 0 atom stereocenters. The molecular formula is C16H14N2O3. The Balaban J connectivity index is 1.99. The van der Waals surface area contributed by atoms with Gasteiger partial charge in [0.15, 0.2) is 0 Å². The fourth-order valence-electron chi connectivity index (χ4n) is 1.84. The second-order valence-corrected chi connectivity index (χ2v) is 4.33. The highest BCUT2D eigenvalue weighted by Gasteiger charge is 2.01. The van der Waals surface area contributed by atoms with Gasteiger partial charge in [-0.05, 0) is 41.8 Å². The number of ether oxygens (including phenoxy) is 2. The summed E-state index contributed by atoms with van der Waals surface area (Å²) in [6.45, 7) is 0. The number of nitriles is 1. The van der Waals surface area contributed by atoms with Gasteiger partial charge >= 0.3 is 6.09 Å². The maximum Gasteiger partial charge on any atom is 0.411 e. The standard InChI is InChI=1S/C16H14N2O3/c1-20-16(19)18-14-6-2-12(3-7-14)10-13-4-8-15(9-5-13)21-11-17/h2-9H,10H2,1H3,(H,18,19). The number of nitrogens with zero attached hydrogens (tertiary/aromatic N) is 1. The van der Waals surface area contributed by atoms with Gasteiger partial charge in [0.05, 0.1) is 7.11 Å². The lowest BCUT2D eigenvalue weighted by atomic mass is 10.0. The van der Waals surface area contributed by atoms with Crippen LogP contribution < -0.4 is 10.1 Å². The summed E-state index contributed by atoms with van der Waals surface area (Å²) in [5.74, 6) is 0.527. The second-order valence-electron chi connectivity index (χ2n) is 4.33.